The summed E-state index contributed by atoms with van der Waals surface area (Å²) in [5.41, 5.74) is 3.75. The molecule has 1 atom stereocenters. The highest BCUT2D eigenvalue weighted by molar-refractivity contribution is 7.83. The zero-order valence-electron chi connectivity index (χ0n) is 11.3. The molecule has 2 aromatic rings. The van der Waals surface area contributed by atoms with Crippen molar-refractivity contribution >= 4 is 22.5 Å². The summed E-state index contributed by atoms with van der Waals surface area (Å²) < 4.78 is 13.4. The summed E-state index contributed by atoms with van der Waals surface area (Å²) in [6.07, 6.45) is 0. The Morgan fingerprint density at radius 2 is 2.00 bits per heavy atom. The Balaban J connectivity index is 2.11. The molecule has 0 saturated carbocycles. The summed E-state index contributed by atoms with van der Waals surface area (Å²) in [5, 5.41) is 7.32. The summed E-state index contributed by atoms with van der Waals surface area (Å²) in [7, 11) is -0.909. The molecule has 0 bridgehead atoms. The second-order valence-electron chi connectivity index (χ2n) is 4.93. The minimum Gasteiger partial charge on any atom is -0.311 e. The van der Waals surface area contributed by atoms with Crippen molar-refractivity contribution in [2.75, 3.05) is 5.32 Å². The monoisotopic (exact) mass is 289 g/mol. The van der Waals surface area contributed by atoms with Crippen LogP contribution in [0.3, 0.4) is 0 Å². The molecule has 1 N–H and O–H groups in total. The number of carbonyl (C=O) groups excluding carboxylic acids is 1. The lowest BCUT2D eigenvalue weighted by molar-refractivity contribution is -0.114. The molecule has 104 valence electrons. The van der Waals surface area contributed by atoms with Crippen LogP contribution in [0.25, 0.3) is 5.69 Å². The van der Waals surface area contributed by atoms with E-state index in [9.17, 15) is 9.00 Å². The lowest BCUT2D eigenvalue weighted by atomic mass is 10.2. The molecule has 0 aliphatic carbocycles. The third-order valence-electron chi connectivity index (χ3n) is 3.24. The van der Waals surface area contributed by atoms with E-state index in [0.717, 1.165) is 22.5 Å². The summed E-state index contributed by atoms with van der Waals surface area (Å²) in [6, 6.07) is 7.91. The Hall–Kier alpha value is -1.95. The van der Waals surface area contributed by atoms with E-state index < -0.39 is 10.8 Å². The fourth-order valence-corrected chi connectivity index (χ4v) is 3.56. The number of nitrogens with one attached hydrogen (secondary N) is 1. The number of aromatic nitrogens is 2. The zero-order chi connectivity index (χ0) is 14.3. The molecular formula is C14H15N3O2S. The van der Waals surface area contributed by atoms with Crippen molar-refractivity contribution in [3.63, 3.8) is 0 Å². The van der Waals surface area contributed by atoms with Crippen LogP contribution in [0.1, 0.15) is 23.7 Å². The van der Waals surface area contributed by atoms with Gasteiger partial charge in [-0.05, 0) is 19.1 Å². The van der Waals surface area contributed by atoms with Gasteiger partial charge in [0.15, 0.2) is 0 Å². The van der Waals surface area contributed by atoms with Gasteiger partial charge in [0.25, 0.3) is 0 Å². The number of nitrogens with zero attached hydrogens (tertiary/aromatic N) is 2. The third kappa shape index (κ3) is 2.27. The summed E-state index contributed by atoms with van der Waals surface area (Å²) in [6.45, 7) is 3.48. The number of hydrogen-bond acceptors (Lipinski definition) is 3. The van der Waals surface area contributed by atoms with Gasteiger partial charge < -0.3 is 5.32 Å². The van der Waals surface area contributed by atoms with Crippen molar-refractivity contribution in [2.45, 2.75) is 25.4 Å². The Morgan fingerprint density at radius 1 is 1.30 bits per heavy atom. The van der Waals surface area contributed by atoms with Crippen LogP contribution >= 0.6 is 0 Å². The van der Waals surface area contributed by atoms with Crippen LogP contribution in [-0.2, 0) is 27.1 Å². The van der Waals surface area contributed by atoms with Crippen LogP contribution in [-0.4, -0.2) is 19.9 Å². The predicted octanol–water partition coefficient (Wildman–Crippen LogP) is 1.90. The van der Waals surface area contributed by atoms with E-state index in [1.807, 2.05) is 31.2 Å². The third-order valence-corrected chi connectivity index (χ3v) is 4.45. The van der Waals surface area contributed by atoms with Gasteiger partial charge in [0.1, 0.15) is 5.82 Å². The van der Waals surface area contributed by atoms with Crippen LogP contribution in [0, 0.1) is 6.92 Å². The number of hydrogen-bond donors (Lipinski definition) is 1. The van der Waals surface area contributed by atoms with Gasteiger partial charge in [-0.3, -0.25) is 9.00 Å². The molecule has 1 aliphatic rings. The standard InChI is InChI=1S/C14H15N3O2S/c1-9-3-5-11(6-4-9)17-14(15-10(2)18)12-7-20(19)8-13(12)16-17/h3-6H,7-8H2,1-2H3,(H,15,18). The number of rotatable bonds is 2. The van der Waals surface area contributed by atoms with Crippen LogP contribution in [0.4, 0.5) is 5.82 Å². The van der Waals surface area contributed by atoms with Gasteiger partial charge in [-0.15, -0.1) is 0 Å². The molecule has 5 nitrogen and oxygen atoms in total. The number of amides is 1. The van der Waals surface area contributed by atoms with E-state index in [0.29, 0.717) is 17.3 Å². The topological polar surface area (TPSA) is 64.0 Å². The molecule has 1 aromatic carbocycles. The maximum Gasteiger partial charge on any atom is 0.222 e. The maximum atomic E-state index is 11.6. The lowest BCUT2D eigenvalue weighted by Gasteiger charge is -2.09. The molecule has 20 heavy (non-hydrogen) atoms. The van der Waals surface area contributed by atoms with Crippen LogP contribution in [0.15, 0.2) is 24.3 Å². The van der Waals surface area contributed by atoms with Crippen molar-refractivity contribution in [2.24, 2.45) is 0 Å². The summed E-state index contributed by atoms with van der Waals surface area (Å²) in [4.78, 5) is 11.4. The highest BCUT2D eigenvalue weighted by Crippen LogP contribution is 2.31. The number of anilines is 1. The van der Waals surface area contributed by atoms with Crippen LogP contribution in [0.2, 0.25) is 0 Å². The van der Waals surface area contributed by atoms with Gasteiger partial charge in [0.05, 0.1) is 22.9 Å². The summed E-state index contributed by atoms with van der Waals surface area (Å²) >= 11 is 0. The molecule has 1 unspecified atom stereocenters. The second kappa shape index (κ2) is 4.86. The van der Waals surface area contributed by atoms with E-state index in [1.165, 1.54) is 6.92 Å². The van der Waals surface area contributed by atoms with Gasteiger partial charge in [-0.25, -0.2) is 4.68 Å². The maximum absolute atomic E-state index is 11.6. The molecule has 1 amide bonds. The lowest BCUT2D eigenvalue weighted by Crippen LogP contribution is -2.13. The first-order valence-corrected chi connectivity index (χ1v) is 7.84. The van der Waals surface area contributed by atoms with Gasteiger partial charge in [0.2, 0.25) is 5.91 Å². The van der Waals surface area contributed by atoms with Crippen molar-refractivity contribution in [1.29, 1.82) is 0 Å². The van der Waals surface area contributed by atoms with Gasteiger partial charge in [0, 0.05) is 23.3 Å². The molecule has 1 aliphatic heterocycles. The largest absolute Gasteiger partial charge is 0.311 e. The van der Waals surface area contributed by atoms with Crippen molar-refractivity contribution in [3.05, 3.63) is 41.1 Å². The average molecular weight is 289 g/mol. The number of fused-ring (bicyclic) bond motifs is 1. The van der Waals surface area contributed by atoms with Crippen molar-refractivity contribution in [3.8, 4) is 5.69 Å². The molecular weight excluding hydrogens is 274 g/mol. The average Bonchev–Trinajstić information content (AvgIpc) is 2.88. The molecule has 0 radical (unpaired) electrons. The minimum atomic E-state index is -0.909. The Bertz CT molecular complexity index is 704. The molecule has 0 spiro atoms. The van der Waals surface area contributed by atoms with Crippen molar-refractivity contribution < 1.29 is 9.00 Å². The van der Waals surface area contributed by atoms with E-state index >= 15 is 0 Å². The highest BCUT2D eigenvalue weighted by atomic mass is 32.2. The number of carbonyl (C=O) groups is 1. The quantitative estimate of drug-likeness (QED) is 0.918. The van der Waals surface area contributed by atoms with Gasteiger partial charge in [-0.2, -0.15) is 5.10 Å². The second-order valence-corrected chi connectivity index (χ2v) is 6.39. The fraction of sp³-hybridized carbons (Fsp3) is 0.286. The van der Waals surface area contributed by atoms with E-state index in [1.54, 1.807) is 4.68 Å². The van der Waals surface area contributed by atoms with E-state index in [2.05, 4.69) is 10.4 Å². The first-order valence-electron chi connectivity index (χ1n) is 6.35. The van der Waals surface area contributed by atoms with Gasteiger partial charge >= 0.3 is 0 Å². The minimum absolute atomic E-state index is 0.154. The Kier molecular flexibility index (Phi) is 3.17. The smallest absolute Gasteiger partial charge is 0.222 e. The normalized spacial score (nSPS) is 17.0. The molecule has 6 heteroatoms. The molecule has 2 heterocycles. The molecule has 0 fully saturated rings. The first-order chi connectivity index (χ1) is 9.54. The molecule has 3 rings (SSSR count). The van der Waals surface area contributed by atoms with Gasteiger partial charge in [-0.1, -0.05) is 17.7 Å². The van der Waals surface area contributed by atoms with Crippen LogP contribution in [0.5, 0.6) is 0 Å². The zero-order valence-corrected chi connectivity index (χ0v) is 12.2. The van der Waals surface area contributed by atoms with E-state index in [4.69, 9.17) is 0 Å². The Morgan fingerprint density at radius 3 is 2.65 bits per heavy atom. The first kappa shape index (κ1) is 13.1. The van der Waals surface area contributed by atoms with Crippen molar-refractivity contribution in [1.82, 2.24) is 9.78 Å². The fourth-order valence-electron chi connectivity index (χ4n) is 2.30. The number of aryl methyl sites for hydroxylation is 1. The SMILES string of the molecule is CC(=O)Nc1c2c(nn1-c1ccc(C)cc1)CS(=O)C2. The molecule has 0 saturated heterocycles. The van der Waals surface area contributed by atoms with E-state index in [-0.39, 0.29) is 5.91 Å². The van der Waals surface area contributed by atoms with Crippen LogP contribution < -0.4 is 5.32 Å². The number of benzene rings is 1. The molecule has 1 aromatic heterocycles. The highest BCUT2D eigenvalue weighted by Gasteiger charge is 2.27. The predicted molar refractivity (Wildman–Crippen MR) is 78.2 cm³/mol. The Labute approximate surface area is 119 Å². The summed E-state index contributed by atoms with van der Waals surface area (Å²) in [5.74, 6) is 1.40.